The first-order valence-electron chi connectivity index (χ1n) is 31.9. The Balaban J connectivity index is 0.000000118. The van der Waals surface area contributed by atoms with Gasteiger partial charge in [0.05, 0.1) is 38.2 Å². The zero-order valence-electron chi connectivity index (χ0n) is 54.6. The lowest BCUT2D eigenvalue weighted by atomic mass is 9.71. The third-order valence-corrected chi connectivity index (χ3v) is 19.9. The molecule has 0 radical (unpaired) electrons. The summed E-state index contributed by atoms with van der Waals surface area (Å²) in [6.07, 6.45) is 11.0. The molecule has 6 heteroatoms. The van der Waals surface area contributed by atoms with Crippen molar-refractivity contribution in [3.63, 3.8) is 0 Å². The minimum absolute atomic E-state index is 0.365. The van der Waals surface area contributed by atoms with Gasteiger partial charge in [-0.05, 0) is 163 Å². The quantitative estimate of drug-likeness (QED) is 0.157. The van der Waals surface area contributed by atoms with Gasteiger partial charge in [-0.1, -0.05) is 146 Å². The van der Waals surface area contributed by atoms with Gasteiger partial charge in [0, 0.05) is 90.0 Å². The van der Waals surface area contributed by atoms with Gasteiger partial charge in [-0.15, -0.1) is 0 Å². The molecule has 0 unspecified atom stereocenters. The topological polar surface area (TPSA) is 26.4 Å². The maximum absolute atomic E-state index is 9.24. The summed E-state index contributed by atoms with van der Waals surface area (Å²) in [7, 11) is 13.0. The predicted molar refractivity (Wildman–Crippen MR) is 372 cm³/mol. The average Bonchev–Trinajstić information content (AvgIpc) is 1.63. The van der Waals surface area contributed by atoms with E-state index in [0.717, 1.165) is 25.7 Å². The van der Waals surface area contributed by atoms with Crippen molar-refractivity contribution in [1.82, 2.24) is 13.7 Å². The lowest BCUT2D eigenvalue weighted by Crippen LogP contribution is -2.30. The monoisotopic (exact) mass is 1150 g/mol. The lowest BCUT2D eigenvalue weighted by molar-refractivity contribution is -0.659. The molecule has 16 rings (SSSR count). The summed E-state index contributed by atoms with van der Waals surface area (Å²) < 4.78 is 23.0. The van der Waals surface area contributed by atoms with Crippen molar-refractivity contribution in [2.45, 2.75) is 80.0 Å². The van der Waals surface area contributed by atoms with Crippen molar-refractivity contribution in [1.29, 1.82) is 0 Å². The summed E-state index contributed by atoms with van der Waals surface area (Å²) in [5.41, 5.74) is 23.2. The van der Waals surface area contributed by atoms with Gasteiger partial charge in [0.1, 0.15) is 21.1 Å². The molecule has 436 valence electrons. The highest BCUT2D eigenvalue weighted by atomic mass is 15.0. The van der Waals surface area contributed by atoms with Gasteiger partial charge in [0.25, 0.3) is 0 Å². The second-order valence-electron chi connectivity index (χ2n) is 26.4. The molecular weight excluding hydrogens is 1070 g/mol. The lowest BCUT2D eigenvalue weighted by Gasteiger charge is -2.34. The molecule has 1 fully saturated rings. The molecule has 1 saturated carbocycles. The molecule has 0 N–H and O–H groups in total. The van der Waals surface area contributed by atoms with Gasteiger partial charge >= 0.3 is 0 Å². The van der Waals surface area contributed by atoms with Gasteiger partial charge in [-0.2, -0.15) is 0 Å². The summed E-state index contributed by atoms with van der Waals surface area (Å²) in [5.74, 6) is -0.464. The maximum Gasteiger partial charge on any atom is 0.214 e. The van der Waals surface area contributed by atoms with Crippen molar-refractivity contribution >= 4 is 97.7 Å². The van der Waals surface area contributed by atoms with Crippen LogP contribution in [-0.4, -0.2) is 13.7 Å². The standard InChI is InChI=1S/C32H35N2.C26H25N2.C24H21N2/c1-21-8-6-7-9-25(21)29-19-30-28(20-33(29)4)27-13-11-24-18-23(10-12-26(24)31(27)34(30)5)22-14-16-32(2,3)17-15-22;1-16-7-9-21(18(3)10-16)24-14-26-23(15-27(24)4)22-12-19-8-6-17(2)11-20(19)13-25(22)28(26)5;1-16-8-4-7-11-19(16)22-14-24-21(15-25(22)2)20-12-17-9-5-6-10-18(17)13-23(20)26(24)3/h6-13,18-20,22H,14-17H2,1-5H3;6-15H,1-5H3;4-15H,1-3H3/q3*+1/i22D;;. The van der Waals surface area contributed by atoms with Gasteiger partial charge in [0.15, 0.2) is 18.6 Å². The first kappa shape index (κ1) is 55.2. The number of benzene rings is 9. The van der Waals surface area contributed by atoms with Crippen LogP contribution in [0.25, 0.3) is 132 Å². The predicted octanol–water partition coefficient (Wildman–Crippen LogP) is 19.2. The second kappa shape index (κ2) is 21.8. The molecule has 1 aliphatic rings. The van der Waals surface area contributed by atoms with Crippen LogP contribution in [-0.2, 0) is 42.3 Å². The van der Waals surface area contributed by atoms with Crippen LogP contribution in [0.15, 0.2) is 201 Å². The molecule has 15 aromatic rings. The van der Waals surface area contributed by atoms with Crippen LogP contribution in [0.5, 0.6) is 0 Å². The minimum atomic E-state index is -0.464. The Morgan fingerprint density at radius 2 is 0.807 bits per heavy atom. The van der Waals surface area contributed by atoms with E-state index in [9.17, 15) is 1.37 Å². The molecule has 88 heavy (non-hydrogen) atoms. The van der Waals surface area contributed by atoms with E-state index < -0.39 is 5.89 Å². The van der Waals surface area contributed by atoms with Crippen molar-refractivity contribution in [3.05, 3.63) is 234 Å². The average molecular weight is 1150 g/mol. The van der Waals surface area contributed by atoms with Crippen molar-refractivity contribution in [3.8, 4) is 33.8 Å². The summed E-state index contributed by atoms with van der Waals surface area (Å²) >= 11 is 0. The molecule has 1 aliphatic carbocycles. The van der Waals surface area contributed by atoms with E-state index in [0.29, 0.717) is 5.41 Å². The van der Waals surface area contributed by atoms with Crippen molar-refractivity contribution in [2.24, 2.45) is 47.7 Å². The molecular formula is C82H81N6+3. The van der Waals surface area contributed by atoms with Crippen LogP contribution in [0.4, 0.5) is 0 Å². The van der Waals surface area contributed by atoms with E-state index in [1.54, 1.807) is 0 Å². The Morgan fingerprint density at radius 3 is 1.36 bits per heavy atom. The molecule has 0 spiro atoms. The SMILES string of the molecule is Cc1ccc(-c2cc3c(c[n+]2C)c2cc4ccc(C)cc4cc2n3C)c(C)c1.Cc1ccccc1-c1cc2c(c[n+]1C)c1cc3ccccc3cc1n2C.[2H]C1(c2ccc3c(ccc4c5c[n+](C)c(-c6ccccc6C)cc5n(C)c34)c2)CCC(C)(C)CC1. The molecule has 6 nitrogen and oxygen atoms in total. The highest BCUT2D eigenvalue weighted by molar-refractivity contribution is 6.18. The van der Waals surface area contributed by atoms with E-state index in [1.807, 2.05) is 0 Å². The highest BCUT2D eigenvalue weighted by Crippen LogP contribution is 2.44. The zero-order valence-corrected chi connectivity index (χ0v) is 53.6. The highest BCUT2D eigenvalue weighted by Gasteiger charge is 2.29. The third-order valence-electron chi connectivity index (χ3n) is 19.9. The largest absolute Gasteiger partial charge is 0.343 e. The number of rotatable bonds is 4. The number of hydrogen-bond acceptors (Lipinski definition) is 0. The van der Waals surface area contributed by atoms with Crippen LogP contribution >= 0.6 is 0 Å². The molecule has 6 aromatic heterocycles. The third kappa shape index (κ3) is 9.78. The summed E-state index contributed by atoms with van der Waals surface area (Å²) in [5, 5.41) is 15.5. The number of nitrogens with zero attached hydrogens (tertiary/aromatic N) is 6. The number of pyridine rings is 3. The number of aryl methyl sites for hydroxylation is 11. The summed E-state index contributed by atoms with van der Waals surface area (Å²) in [6, 6.07) is 66.8. The maximum atomic E-state index is 9.24. The minimum Gasteiger partial charge on any atom is -0.343 e. The van der Waals surface area contributed by atoms with E-state index in [1.165, 1.54) is 165 Å². The van der Waals surface area contributed by atoms with Crippen LogP contribution < -0.4 is 13.7 Å². The molecule has 0 atom stereocenters. The van der Waals surface area contributed by atoms with Crippen molar-refractivity contribution in [2.75, 3.05) is 0 Å². The molecule has 0 aliphatic heterocycles. The second-order valence-corrected chi connectivity index (χ2v) is 26.4. The Morgan fingerprint density at radius 1 is 0.375 bits per heavy atom. The van der Waals surface area contributed by atoms with Gasteiger partial charge in [-0.25, -0.2) is 13.7 Å². The van der Waals surface area contributed by atoms with Gasteiger partial charge in [-0.3, -0.25) is 0 Å². The molecule has 9 aromatic carbocycles. The fourth-order valence-electron chi connectivity index (χ4n) is 14.6. The van der Waals surface area contributed by atoms with E-state index in [4.69, 9.17) is 0 Å². The molecule has 6 heterocycles. The number of aromatic nitrogens is 6. The van der Waals surface area contributed by atoms with E-state index in [-0.39, 0.29) is 0 Å². The first-order valence-corrected chi connectivity index (χ1v) is 31.4. The Kier molecular flexibility index (Phi) is 13.7. The van der Waals surface area contributed by atoms with Crippen LogP contribution in [0.1, 0.15) is 80.2 Å². The normalized spacial score (nSPS) is 14.1. The molecule has 0 bridgehead atoms. The molecule has 0 saturated heterocycles. The van der Waals surface area contributed by atoms with Gasteiger partial charge < -0.3 is 13.7 Å². The summed E-state index contributed by atoms with van der Waals surface area (Å²) in [6.45, 7) is 15.5. The molecule has 0 amide bonds. The van der Waals surface area contributed by atoms with Crippen LogP contribution in [0.2, 0.25) is 0 Å². The fraction of sp³-hybridized carbons (Fsp3) is 0.232. The fourth-order valence-corrected chi connectivity index (χ4v) is 14.6. The van der Waals surface area contributed by atoms with Crippen molar-refractivity contribution < 1.29 is 15.1 Å². The van der Waals surface area contributed by atoms with E-state index >= 15 is 0 Å². The van der Waals surface area contributed by atoms with Crippen LogP contribution in [0.3, 0.4) is 0 Å². The summed E-state index contributed by atoms with van der Waals surface area (Å²) in [4.78, 5) is 0. The number of fused-ring (bicyclic) bond motifs is 13. The van der Waals surface area contributed by atoms with Gasteiger partial charge in [0.2, 0.25) is 17.1 Å². The zero-order chi connectivity index (χ0) is 61.9. The Bertz CT molecular complexity index is 5390. The van der Waals surface area contributed by atoms with E-state index in [2.05, 4.69) is 319 Å². The first-order chi connectivity index (χ1) is 42.7. The Hall–Kier alpha value is -9.39. The van der Waals surface area contributed by atoms with Crippen LogP contribution in [0, 0.1) is 40.0 Å². The number of hydrogen-bond donors (Lipinski definition) is 0. The smallest absolute Gasteiger partial charge is 0.214 e. The Labute approximate surface area is 519 Å².